The van der Waals surface area contributed by atoms with Crippen molar-refractivity contribution in [1.82, 2.24) is 15.2 Å². The lowest BCUT2D eigenvalue weighted by molar-refractivity contribution is -0.136. The molecule has 40 heavy (non-hydrogen) atoms. The van der Waals surface area contributed by atoms with Crippen molar-refractivity contribution in [2.75, 3.05) is 18.8 Å². The van der Waals surface area contributed by atoms with Gasteiger partial charge in [0.15, 0.2) is 0 Å². The van der Waals surface area contributed by atoms with Crippen LogP contribution in [0.1, 0.15) is 33.7 Å². The molecule has 1 aliphatic rings. The highest BCUT2D eigenvalue weighted by Crippen LogP contribution is 2.39. The van der Waals surface area contributed by atoms with Gasteiger partial charge in [-0.15, -0.1) is 0 Å². The number of fused-ring (bicyclic) bond motifs is 1. The molecule has 0 radical (unpaired) electrons. The first-order chi connectivity index (χ1) is 19.1. The van der Waals surface area contributed by atoms with Gasteiger partial charge in [0.2, 0.25) is 5.91 Å². The standard InChI is InChI=1S/C29H24F4N4O3/c30-22-9-10-37(16-22)28(39)19-5-3-18(4-6-19)20-11-21-12-23(40-27(21)24(13-20)29(31,32)33)15-36-26(38)8-2-17-1-7-25(34)35-14-17/h1-8,11-14,22H,9-10,15-16H2,(H2,34,35)(H,36,38)/b8-2+/t22-/m0/s1. The number of hydrogen-bond donors (Lipinski definition) is 2. The van der Waals surface area contributed by atoms with Gasteiger partial charge in [0.1, 0.15) is 23.3 Å². The van der Waals surface area contributed by atoms with Crippen LogP contribution in [0.2, 0.25) is 0 Å². The van der Waals surface area contributed by atoms with E-state index in [4.69, 9.17) is 10.2 Å². The zero-order valence-electron chi connectivity index (χ0n) is 21.0. The van der Waals surface area contributed by atoms with Crippen LogP contribution >= 0.6 is 0 Å². The van der Waals surface area contributed by atoms with Gasteiger partial charge in [-0.25, -0.2) is 9.37 Å². The maximum atomic E-state index is 14.0. The molecule has 7 nitrogen and oxygen atoms in total. The van der Waals surface area contributed by atoms with Gasteiger partial charge in [-0.05, 0) is 71.7 Å². The molecule has 206 valence electrons. The van der Waals surface area contributed by atoms with Crippen molar-refractivity contribution in [2.24, 2.45) is 0 Å². The van der Waals surface area contributed by atoms with Gasteiger partial charge in [0.25, 0.3) is 5.91 Å². The van der Waals surface area contributed by atoms with Crippen molar-refractivity contribution in [1.29, 1.82) is 0 Å². The molecule has 11 heteroatoms. The fraction of sp³-hybridized carbons (Fsp3) is 0.207. The third kappa shape index (κ3) is 5.98. The van der Waals surface area contributed by atoms with Gasteiger partial charge < -0.3 is 20.4 Å². The fourth-order valence-electron chi connectivity index (χ4n) is 4.48. The lowest BCUT2D eigenvalue weighted by Gasteiger charge is -2.15. The number of alkyl halides is 4. The van der Waals surface area contributed by atoms with Crippen molar-refractivity contribution < 1.29 is 31.6 Å². The molecule has 3 heterocycles. The van der Waals surface area contributed by atoms with E-state index in [2.05, 4.69) is 10.3 Å². The number of aromatic nitrogens is 1. The number of halogens is 4. The molecule has 1 atom stereocenters. The molecule has 4 aromatic rings. The van der Waals surface area contributed by atoms with Crippen LogP contribution in [-0.4, -0.2) is 41.0 Å². The Bertz CT molecular complexity index is 1580. The summed E-state index contributed by atoms with van der Waals surface area (Å²) in [6, 6.07) is 13.4. The number of benzene rings is 2. The van der Waals surface area contributed by atoms with Crippen LogP contribution in [0.5, 0.6) is 0 Å². The Morgan fingerprint density at radius 3 is 2.52 bits per heavy atom. The molecule has 5 rings (SSSR count). The number of nitrogen functional groups attached to an aromatic ring is 1. The van der Waals surface area contributed by atoms with E-state index < -0.39 is 23.8 Å². The zero-order chi connectivity index (χ0) is 28.4. The van der Waals surface area contributed by atoms with Crippen molar-refractivity contribution in [3.05, 3.63) is 89.3 Å². The molecular weight excluding hydrogens is 528 g/mol. The van der Waals surface area contributed by atoms with E-state index in [9.17, 15) is 27.2 Å². The number of likely N-dealkylation sites (tertiary alicyclic amines) is 1. The predicted octanol–water partition coefficient (Wildman–Crippen LogP) is 5.61. The van der Waals surface area contributed by atoms with E-state index in [0.29, 0.717) is 35.5 Å². The number of hydrogen-bond acceptors (Lipinski definition) is 5. The van der Waals surface area contributed by atoms with Crippen molar-refractivity contribution in [3.8, 4) is 11.1 Å². The summed E-state index contributed by atoms with van der Waals surface area (Å²) in [5.74, 6) is -0.305. The molecule has 2 amide bonds. The third-order valence-corrected chi connectivity index (χ3v) is 6.53. The molecule has 0 saturated carbocycles. The highest BCUT2D eigenvalue weighted by Gasteiger charge is 2.35. The number of carbonyl (C=O) groups is 2. The third-order valence-electron chi connectivity index (χ3n) is 6.53. The Hall–Kier alpha value is -4.67. The summed E-state index contributed by atoms with van der Waals surface area (Å²) < 4.78 is 60.9. The molecule has 2 aromatic carbocycles. The monoisotopic (exact) mass is 552 g/mol. The van der Waals surface area contributed by atoms with Gasteiger partial charge in [-0.3, -0.25) is 9.59 Å². The second kappa shape index (κ2) is 10.8. The fourth-order valence-corrected chi connectivity index (χ4v) is 4.48. The number of nitrogens with two attached hydrogens (primary N) is 1. The minimum atomic E-state index is -4.70. The van der Waals surface area contributed by atoms with E-state index in [1.54, 1.807) is 30.3 Å². The molecule has 1 fully saturated rings. The minimum absolute atomic E-state index is 0.0336. The average molecular weight is 553 g/mol. The number of carbonyl (C=O) groups excluding carboxylic acids is 2. The summed E-state index contributed by atoms with van der Waals surface area (Å²) in [5.41, 5.74) is 5.95. The summed E-state index contributed by atoms with van der Waals surface area (Å²) >= 11 is 0. The summed E-state index contributed by atoms with van der Waals surface area (Å²) in [6.07, 6.45) is -1.17. The van der Waals surface area contributed by atoms with E-state index >= 15 is 0 Å². The van der Waals surface area contributed by atoms with Crippen LogP contribution in [0.4, 0.5) is 23.4 Å². The maximum absolute atomic E-state index is 14.0. The highest BCUT2D eigenvalue weighted by atomic mass is 19.4. The van der Waals surface area contributed by atoms with Crippen molar-refractivity contribution >= 4 is 34.7 Å². The topological polar surface area (TPSA) is 101 Å². The van der Waals surface area contributed by atoms with Crippen LogP contribution in [0.25, 0.3) is 28.2 Å². The Kier molecular flexibility index (Phi) is 7.29. The second-order valence-corrected chi connectivity index (χ2v) is 9.43. The zero-order valence-corrected chi connectivity index (χ0v) is 21.0. The Morgan fingerprint density at radius 2 is 1.88 bits per heavy atom. The van der Waals surface area contributed by atoms with Gasteiger partial charge in [-0.2, -0.15) is 13.2 Å². The molecular formula is C29H24F4N4O3. The highest BCUT2D eigenvalue weighted by molar-refractivity contribution is 5.95. The van der Waals surface area contributed by atoms with Crippen LogP contribution in [0.15, 0.2) is 71.3 Å². The molecule has 0 spiro atoms. The predicted molar refractivity (Wildman–Crippen MR) is 142 cm³/mol. The number of furan rings is 1. The first-order valence-corrected chi connectivity index (χ1v) is 12.4. The first kappa shape index (κ1) is 26.9. The van der Waals surface area contributed by atoms with E-state index in [0.717, 1.165) is 6.07 Å². The number of amides is 2. The Labute approximate surface area is 226 Å². The van der Waals surface area contributed by atoms with Gasteiger partial charge in [0.05, 0.1) is 18.7 Å². The lowest BCUT2D eigenvalue weighted by Crippen LogP contribution is -2.28. The van der Waals surface area contributed by atoms with E-state index in [1.807, 2.05) is 0 Å². The smallest absolute Gasteiger partial charge is 0.420 e. The van der Waals surface area contributed by atoms with Gasteiger partial charge in [0, 0.05) is 29.8 Å². The summed E-state index contributed by atoms with van der Waals surface area (Å²) in [5, 5.41) is 2.80. The Morgan fingerprint density at radius 1 is 1.10 bits per heavy atom. The molecule has 1 aliphatic heterocycles. The van der Waals surface area contributed by atoms with Crippen LogP contribution in [0.3, 0.4) is 0 Å². The summed E-state index contributed by atoms with van der Waals surface area (Å²) in [4.78, 5) is 30.1. The Balaban J connectivity index is 1.35. The molecule has 2 aromatic heterocycles. The van der Waals surface area contributed by atoms with Gasteiger partial charge >= 0.3 is 6.18 Å². The van der Waals surface area contributed by atoms with Crippen LogP contribution in [-0.2, 0) is 17.5 Å². The lowest BCUT2D eigenvalue weighted by atomic mass is 9.99. The van der Waals surface area contributed by atoms with Crippen LogP contribution < -0.4 is 11.1 Å². The van der Waals surface area contributed by atoms with E-state index in [1.165, 1.54) is 41.4 Å². The average Bonchev–Trinajstić information content (AvgIpc) is 3.56. The molecule has 3 N–H and O–H groups in total. The molecule has 1 saturated heterocycles. The molecule has 0 unspecified atom stereocenters. The number of rotatable bonds is 6. The van der Waals surface area contributed by atoms with Crippen LogP contribution in [0, 0.1) is 0 Å². The van der Waals surface area contributed by atoms with E-state index in [-0.39, 0.29) is 41.3 Å². The molecule has 0 bridgehead atoms. The number of anilines is 1. The van der Waals surface area contributed by atoms with Crippen molar-refractivity contribution in [2.45, 2.75) is 25.3 Å². The molecule has 0 aliphatic carbocycles. The first-order valence-electron chi connectivity index (χ1n) is 12.4. The largest absolute Gasteiger partial charge is 0.459 e. The quantitative estimate of drug-likeness (QED) is 0.239. The maximum Gasteiger partial charge on any atom is 0.420 e. The number of pyridine rings is 1. The van der Waals surface area contributed by atoms with Crippen molar-refractivity contribution in [3.63, 3.8) is 0 Å². The number of nitrogens with one attached hydrogen (secondary N) is 1. The summed E-state index contributed by atoms with van der Waals surface area (Å²) in [7, 11) is 0. The second-order valence-electron chi connectivity index (χ2n) is 9.43. The summed E-state index contributed by atoms with van der Waals surface area (Å²) in [6.45, 7) is 0.232. The normalized spacial score (nSPS) is 15.7. The minimum Gasteiger partial charge on any atom is -0.459 e. The number of nitrogens with zero attached hydrogens (tertiary/aromatic N) is 2. The van der Waals surface area contributed by atoms with Gasteiger partial charge in [-0.1, -0.05) is 12.1 Å². The SMILES string of the molecule is Nc1ccc(/C=C/C(=O)NCc2cc3cc(-c4ccc(C(=O)N5CC[C@H](F)C5)cc4)cc(C(F)(F)F)c3o2)cn1.